The first kappa shape index (κ1) is 23.2. The Morgan fingerprint density at radius 2 is 1.91 bits per heavy atom. The lowest BCUT2D eigenvalue weighted by Gasteiger charge is -2.05. The first-order valence-electron chi connectivity index (χ1n) is 9.18. The highest BCUT2D eigenvalue weighted by atomic mass is 32.2. The minimum absolute atomic E-state index is 0.0104. The molecule has 1 heterocycles. The van der Waals surface area contributed by atoms with E-state index in [4.69, 9.17) is 4.74 Å². The lowest BCUT2D eigenvalue weighted by molar-refractivity contribution is -0.385. The van der Waals surface area contributed by atoms with E-state index in [1.54, 1.807) is 30.5 Å². The Kier molecular flexibility index (Phi) is 7.38. The third-order valence-corrected chi connectivity index (χ3v) is 6.16. The molecule has 0 saturated carbocycles. The fraction of sp³-hybridized carbons (Fsp3) is 0.200. The molecule has 1 N–H and O–H groups in total. The van der Waals surface area contributed by atoms with Crippen molar-refractivity contribution in [3.8, 4) is 17.0 Å². The second-order valence-electron chi connectivity index (χ2n) is 6.60. The molecular weight excluding hydrogens is 456 g/mol. The monoisotopic (exact) mass is 474 g/mol. The van der Waals surface area contributed by atoms with Crippen molar-refractivity contribution < 1.29 is 19.4 Å². The van der Waals surface area contributed by atoms with Gasteiger partial charge in [-0.25, -0.2) is 4.98 Å². The zero-order valence-corrected chi connectivity index (χ0v) is 18.7. The van der Waals surface area contributed by atoms with Gasteiger partial charge in [0.1, 0.15) is 0 Å². The normalized spacial score (nSPS) is 10.6. The van der Waals surface area contributed by atoms with Crippen LogP contribution in [0.3, 0.4) is 0 Å². The van der Waals surface area contributed by atoms with Gasteiger partial charge in [0.25, 0.3) is 5.69 Å². The molecule has 2 aromatic carbocycles. The Bertz CT molecular complexity index is 1180. The first-order valence-corrected chi connectivity index (χ1v) is 11.2. The van der Waals surface area contributed by atoms with Gasteiger partial charge >= 0.3 is 5.69 Å². The van der Waals surface area contributed by atoms with E-state index in [2.05, 4.69) is 10.3 Å². The summed E-state index contributed by atoms with van der Waals surface area (Å²) < 4.78 is 4.98. The molecule has 0 radical (unpaired) electrons. The number of anilines is 1. The number of amides is 1. The third-order valence-electron chi connectivity index (χ3n) is 4.39. The lowest BCUT2D eigenvalue weighted by Crippen LogP contribution is -2.14. The maximum Gasteiger partial charge on any atom is 0.311 e. The summed E-state index contributed by atoms with van der Waals surface area (Å²) in [5, 5.41) is 27.0. The van der Waals surface area contributed by atoms with Crippen LogP contribution < -0.4 is 10.1 Å². The molecule has 0 aliphatic heterocycles. The van der Waals surface area contributed by atoms with Gasteiger partial charge in [-0.3, -0.25) is 25.0 Å². The second-order valence-corrected chi connectivity index (χ2v) is 8.44. The number of nitro benzene ring substituents is 2. The van der Waals surface area contributed by atoms with E-state index in [1.807, 2.05) is 0 Å². The van der Waals surface area contributed by atoms with Gasteiger partial charge in [-0.15, -0.1) is 23.1 Å². The highest BCUT2D eigenvalue weighted by Gasteiger charge is 2.16. The van der Waals surface area contributed by atoms with E-state index in [-0.39, 0.29) is 28.8 Å². The number of nitrogens with zero attached hydrogens (tertiary/aromatic N) is 3. The number of aryl methyl sites for hydroxylation is 1. The Labute approximate surface area is 190 Å². The fourth-order valence-corrected chi connectivity index (χ4v) is 4.32. The van der Waals surface area contributed by atoms with E-state index >= 15 is 0 Å². The van der Waals surface area contributed by atoms with Crippen LogP contribution >= 0.6 is 23.1 Å². The first-order chi connectivity index (χ1) is 15.3. The molecule has 3 aromatic rings. The topological polar surface area (TPSA) is 138 Å². The summed E-state index contributed by atoms with van der Waals surface area (Å²) in [6.07, 6.45) is 0. The van der Waals surface area contributed by atoms with Crippen LogP contribution in [0.25, 0.3) is 11.3 Å². The Morgan fingerprint density at radius 1 is 1.16 bits per heavy atom. The van der Waals surface area contributed by atoms with Crippen LogP contribution in [0.2, 0.25) is 0 Å². The molecule has 0 spiro atoms. The van der Waals surface area contributed by atoms with Crippen LogP contribution in [0.4, 0.5) is 16.5 Å². The molecule has 32 heavy (non-hydrogen) atoms. The van der Waals surface area contributed by atoms with Crippen molar-refractivity contribution in [3.05, 3.63) is 73.1 Å². The maximum absolute atomic E-state index is 12.2. The molecule has 10 nitrogen and oxygen atoms in total. The van der Waals surface area contributed by atoms with E-state index in [1.165, 1.54) is 48.4 Å². The van der Waals surface area contributed by atoms with Gasteiger partial charge in [0.2, 0.25) is 5.91 Å². The quantitative estimate of drug-likeness (QED) is 0.344. The van der Waals surface area contributed by atoms with Gasteiger partial charge in [-0.2, -0.15) is 0 Å². The average molecular weight is 475 g/mol. The summed E-state index contributed by atoms with van der Waals surface area (Å²) in [6.45, 7) is 1.66. The van der Waals surface area contributed by atoms with Crippen molar-refractivity contribution in [2.75, 3.05) is 18.2 Å². The largest absolute Gasteiger partial charge is 0.490 e. The summed E-state index contributed by atoms with van der Waals surface area (Å²) in [6, 6.07) is 9.53. The molecule has 0 atom stereocenters. The number of carbonyl (C=O) groups is 1. The van der Waals surface area contributed by atoms with Crippen LogP contribution in [-0.2, 0) is 10.5 Å². The number of benzene rings is 2. The standard InChI is InChI=1S/C20H18N4O6S2/c1-12-3-5-14(8-16(12)23(26)27)15-10-32-20(21-15)22-19(25)11-31-9-13-4-6-18(30-2)17(7-13)24(28)29/h3-8,10H,9,11H2,1-2H3,(H,21,22,25). The lowest BCUT2D eigenvalue weighted by atomic mass is 10.1. The zero-order valence-electron chi connectivity index (χ0n) is 17.1. The van der Waals surface area contributed by atoms with Gasteiger partial charge in [0.05, 0.1) is 28.4 Å². The number of thiazole rings is 1. The molecule has 0 unspecified atom stereocenters. The fourth-order valence-electron chi connectivity index (χ4n) is 2.81. The highest BCUT2D eigenvalue weighted by Crippen LogP contribution is 2.30. The average Bonchev–Trinajstić information content (AvgIpc) is 3.22. The zero-order chi connectivity index (χ0) is 23.3. The van der Waals surface area contributed by atoms with Gasteiger partial charge in [-0.05, 0) is 18.6 Å². The number of ether oxygens (including phenoxy) is 1. The van der Waals surface area contributed by atoms with Gasteiger partial charge < -0.3 is 10.1 Å². The van der Waals surface area contributed by atoms with Crippen molar-refractivity contribution in [1.82, 2.24) is 4.98 Å². The number of carbonyl (C=O) groups excluding carboxylic acids is 1. The number of hydrogen-bond donors (Lipinski definition) is 1. The number of nitrogens with one attached hydrogen (secondary N) is 1. The molecule has 166 valence electrons. The minimum atomic E-state index is -0.511. The molecule has 3 rings (SSSR count). The van der Waals surface area contributed by atoms with Crippen molar-refractivity contribution in [2.45, 2.75) is 12.7 Å². The number of aromatic nitrogens is 1. The second kappa shape index (κ2) is 10.2. The predicted molar refractivity (Wildman–Crippen MR) is 123 cm³/mol. The molecule has 1 aromatic heterocycles. The van der Waals surface area contributed by atoms with Crippen molar-refractivity contribution >= 4 is 45.5 Å². The predicted octanol–water partition coefficient (Wildman–Crippen LogP) is 4.82. The summed E-state index contributed by atoms with van der Waals surface area (Å²) in [5.74, 6) is 0.452. The number of rotatable bonds is 9. The number of methoxy groups -OCH3 is 1. The summed E-state index contributed by atoms with van der Waals surface area (Å²) >= 11 is 2.52. The van der Waals surface area contributed by atoms with Gasteiger partial charge in [0.15, 0.2) is 10.9 Å². The number of thioether (sulfide) groups is 1. The SMILES string of the molecule is COc1ccc(CSCC(=O)Nc2nc(-c3ccc(C)c([N+](=O)[O-])c3)cs2)cc1[N+](=O)[O-]. The van der Waals surface area contributed by atoms with E-state index in [0.717, 1.165) is 0 Å². The number of nitro groups is 2. The Balaban J connectivity index is 1.57. The highest BCUT2D eigenvalue weighted by molar-refractivity contribution is 7.99. The molecule has 0 saturated heterocycles. The van der Waals surface area contributed by atoms with E-state index in [9.17, 15) is 25.0 Å². The molecule has 0 aliphatic rings. The van der Waals surface area contributed by atoms with Gasteiger partial charge in [0, 0.05) is 34.4 Å². The van der Waals surface area contributed by atoms with Gasteiger partial charge in [-0.1, -0.05) is 18.2 Å². The van der Waals surface area contributed by atoms with E-state index < -0.39 is 9.85 Å². The third kappa shape index (κ3) is 5.59. The summed E-state index contributed by atoms with van der Waals surface area (Å²) in [7, 11) is 1.37. The smallest absolute Gasteiger partial charge is 0.311 e. The maximum atomic E-state index is 12.2. The minimum Gasteiger partial charge on any atom is -0.490 e. The Hall–Kier alpha value is -3.51. The molecule has 0 fully saturated rings. The van der Waals surface area contributed by atoms with Crippen LogP contribution in [0, 0.1) is 27.2 Å². The molecule has 1 amide bonds. The van der Waals surface area contributed by atoms with Crippen molar-refractivity contribution in [1.29, 1.82) is 0 Å². The summed E-state index contributed by atoms with van der Waals surface area (Å²) in [4.78, 5) is 37.8. The Morgan fingerprint density at radius 3 is 2.59 bits per heavy atom. The van der Waals surface area contributed by atoms with Crippen molar-refractivity contribution in [3.63, 3.8) is 0 Å². The van der Waals surface area contributed by atoms with E-state index in [0.29, 0.717) is 33.3 Å². The molecule has 0 aliphatic carbocycles. The molecule has 0 bridgehead atoms. The number of hydrogen-bond acceptors (Lipinski definition) is 9. The molecule has 12 heteroatoms. The summed E-state index contributed by atoms with van der Waals surface area (Å²) in [5.41, 5.74) is 2.27. The van der Waals surface area contributed by atoms with Crippen molar-refractivity contribution in [2.24, 2.45) is 0 Å². The van der Waals surface area contributed by atoms with Crippen LogP contribution in [0.15, 0.2) is 41.8 Å². The van der Waals surface area contributed by atoms with Crippen LogP contribution in [0.5, 0.6) is 5.75 Å². The van der Waals surface area contributed by atoms with Crippen LogP contribution in [0.1, 0.15) is 11.1 Å². The van der Waals surface area contributed by atoms with Crippen LogP contribution in [-0.4, -0.2) is 33.6 Å². The molecular formula is C20H18N4O6S2.